The van der Waals surface area contributed by atoms with Crippen LogP contribution >= 0.6 is 0 Å². The predicted octanol–water partition coefficient (Wildman–Crippen LogP) is 8.16. The fourth-order valence-corrected chi connectivity index (χ4v) is 2.94. The topological polar surface area (TPSA) is 0 Å². The van der Waals surface area contributed by atoms with Gasteiger partial charge in [0.25, 0.3) is 0 Å². The molecule has 3 rings (SSSR count). The maximum Gasteiger partial charge on any atom is 3.00 e. The third kappa shape index (κ3) is 10.2. The molecule has 28 heavy (non-hydrogen) atoms. The molecule has 3 aliphatic carbocycles. The summed E-state index contributed by atoms with van der Waals surface area (Å²) in [6.45, 7) is 13.4. The molecule has 0 saturated carbocycles. The van der Waals surface area contributed by atoms with Crippen molar-refractivity contribution in [2.75, 3.05) is 0 Å². The van der Waals surface area contributed by atoms with E-state index in [1.165, 1.54) is 36.0 Å². The van der Waals surface area contributed by atoms with Gasteiger partial charge in [-0.15, -0.1) is 19.3 Å². The Kier molecular flexibility index (Phi) is 15.7. The van der Waals surface area contributed by atoms with E-state index in [4.69, 9.17) is 0 Å². The summed E-state index contributed by atoms with van der Waals surface area (Å²) in [7, 11) is 0. The van der Waals surface area contributed by atoms with Crippen molar-refractivity contribution in [2.45, 2.75) is 80.1 Å². The molecule has 0 aromatic rings. The summed E-state index contributed by atoms with van der Waals surface area (Å²) in [6, 6.07) is 0. The van der Waals surface area contributed by atoms with Crippen molar-refractivity contribution < 1.29 is 25.8 Å². The molecule has 0 aromatic carbocycles. The molecule has 0 N–H and O–H groups in total. The average molecular weight is 409 g/mol. The molecule has 0 radical (unpaired) electrons. The van der Waals surface area contributed by atoms with Gasteiger partial charge in [0.05, 0.1) is 0 Å². The normalized spacial score (nSPS) is 19.3. The summed E-state index contributed by atoms with van der Waals surface area (Å²) in [5, 5.41) is 0. The summed E-state index contributed by atoms with van der Waals surface area (Å²) < 4.78 is 0. The quantitative estimate of drug-likeness (QED) is 0.389. The van der Waals surface area contributed by atoms with Crippen molar-refractivity contribution in [2.24, 2.45) is 17.8 Å². The summed E-state index contributed by atoms with van der Waals surface area (Å²) in [4.78, 5) is 0. The van der Waals surface area contributed by atoms with Gasteiger partial charge in [-0.2, -0.15) is 18.2 Å². The maximum absolute atomic E-state index is 3.31. The second-order valence-corrected chi connectivity index (χ2v) is 7.64. The first-order valence-electron chi connectivity index (χ1n) is 10.8. The minimum Gasteiger partial charge on any atom is -0.269 e. The second kappa shape index (κ2) is 16.1. The summed E-state index contributed by atoms with van der Waals surface area (Å²) in [5.74, 6) is 2.14. The van der Waals surface area contributed by atoms with E-state index in [9.17, 15) is 0 Å². The van der Waals surface area contributed by atoms with E-state index in [1.54, 1.807) is 0 Å². The first kappa shape index (κ1) is 27.3. The van der Waals surface area contributed by atoms with Crippen LogP contribution in [-0.2, 0) is 25.8 Å². The molecule has 0 amide bonds. The molecule has 0 aliphatic heterocycles. The molecule has 3 aliphatic rings. The number of hydrogen-bond acceptors (Lipinski definition) is 0. The molecule has 0 nitrogen and oxygen atoms in total. The Labute approximate surface area is 194 Å². The monoisotopic (exact) mass is 408 g/mol. The van der Waals surface area contributed by atoms with Crippen LogP contribution < -0.4 is 0 Å². The number of rotatable bonds is 6. The number of allylic oxidation sites excluding steroid dienone is 12. The molecular weight excluding hydrogens is 369 g/mol. The molecule has 0 spiro atoms. The van der Waals surface area contributed by atoms with Crippen LogP contribution in [0.2, 0.25) is 0 Å². The predicted molar refractivity (Wildman–Crippen MR) is 120 cm³/mol. The van der Waals surface area contributed by atoms with E-state index < -0.39 is 0 Å². The Hall–Kier alpha value is -0.690. The van der Waals surface area contributed by atoms with Crippen LogP contribution in [0.25, 0.3) is 0 Å². The average Bonchev–Trinajstić information content (AvgIpc) is 3.48. The van der Waals surface area contributed by atoms with Crippen LogP contribution in [-0.4, -0.2) is 0 Å². The van der Waals surface area contributed by atoms with Crippen LogP contribution in [0.4, 0.5) is 0 Å². The molecular formula is C27H39Sc. The van der Waals surface area contributed by atoms with Gasteiger partial charge in [-0.3, -0.25) is 18.2 Å². The van der Waals surface area contributed by atoms with Gasteiger partial charge in [0.15, 0.2) is 0 Å². The third-order valence-electron chi connectivity index (χ3n) is 5.59. The second-order valence-electron chi connectivity index (χ2n) is 7.64. The van der Waals surface area contributed by atoms with Crippen molar-refractivity contribution in [1.29, 1.82) is 0 Å². The van der Waals surface area contributed by atoms with Crippen molar-refractivity contribution in [3.8, 4) is 0 Å². The summed E-state index contributed by atoms with van der Waals surface area (Å²) in [6.07, 6.45) is 29.8. The van der Waals surface area contributed by atoms with Gasteiger partial charge in [0, 0.05) is 0 Å². The van der Waals surface area contributed by atoms with Crippen LogP contribution in [0.15, 0.2) is 53.2 Å². The number of hydrogen-bond donors (Lipinski definition) is 0. The smallest absolute Gasteiger partial charge is 0.269 e. The van der Waals surface area contributed by atoms with E-state index in [0.717, 1.165) is 19.3 Å². The van der Waals surface area contributed by atoms with Gasteiger partial charge >= 0.3 is 25.8 Å². The zero-order valence-electron chi connectivity index (χ0n) is 19.0. The molecule has 3 atom stereocenters. The van der Waals surface area contributed by atoms with Crippen molar-refractivity contribution in [1.82, 2.24) is 0 Å². The largest absolute Gasteiger partial charge is 3.00 e. The van der Waals surface area contributed by atoms with Crippen molar-refractivity contribution >= 4 is 0 Å². The fourth-order valence-electron chi connectivity index (χ4n) is 2.94. The van der Waals surface area contributed by atoms with E-state index >= 15 is 0 Å². The van der Waals surface area contributed by atoms with Crippen LogP contribution in [0.1, 0.15) is 80.1 Å². The Morgan fingerprint density at radius 1 is 0.607 bits per heavy atom. The maximum atomic E-state index is 3.31. The fraction of sp³-hybridized carbons (Fsp3) is 0.556. The van der Waals surface area contributed by atoms with E-state index in [1.807, 2.05) is 0 Å². The van der Waals surface area contributed by atoms with Gasteiger partial charge in [0.2, 0.25) is 0 Å². The van der Waals surface area contributed by atoms with E-state index in [0.29, 0.717) is 17.8 Å². The Morgan fingerprint density at radius 3 is 1.00 bits per heavy atom. The minimum absolute atomic E-state index is 0. The zero-order valence-corrected chi connectivity index (χ0v) is 20.8. The Morgan fingerprint density at radius 2 is 0.857 bits per heavy atom. The summed E-state index contributed by atoms with van der Waals surface area (Å²) >= 11 is 0. The molecule has 0 fully saturated rings. The van der Waals surface area contributed by atoms with Gasteiger partial charge in [0.1, 0.15) is 0 Å². The summed E-state index contributed by atoms with van der Waals surface area (Å²) in [5.41, 5.74) is 4.20. The zero-order chi connectivity index (χ0) is 20.1. The van der Waals surface area contributed by atoms with Gasteiger partial charge in [-0.05, 0) is 0 Å². The Bertz CT molecular complexity index is 512. The van der Waals surface area contributed by atoms with Crippen LogP contribution in [0.5, 0.6) is 0 Å². The molecule has 0 aromatic heterocycles. The van der Waals surface area contributed by atoms with E-state index in [2.05, 4.69) is 96.2 Å². The standard InChI is InChI=1S/3C9H13.Sc/c3*1-3-8(2)9-6-4-5-7-9;/h3*4,6,8H,3,5H2,1-2H3;/q3*-1;+3. The molecule has 0 heterocycles. The molecule has 1 heteroatoms. The van der Waals surface area contributed by atoms with Gasteiger partial charge in [-0.1, -0.05) is 78.6 Å². The molecule has 0 saturated heterocycles. The van der Waals surface area contributed by atoms with Crippen LogP contribution in [0, 0.1) is 36.0 Å². The van der Waals surface area contributed by atoms with Gasteiger partial charge < -0.3 is 0 Å². The van der Waals surface area contributed by atoms with Crippen molar-refractivity contribution in [3.05, 3.63) is 71.4 Å². The molecule has 150 valence electrons. The first-order chi connectivity index (χ1) is 13.0. The third-order valence-corrected chi connectivity index (χ3v) is 5.59. The van der Waals surface area contributed by atoms with Crippen molar-refractivity contribution in [3.63, 3.8) is 0 Å². The molecule has 3 unspecified atom stereocenters. The Balaban J connectivity index is 0.000000384. The molecule has 0 bridgehead atoms. The first-order valence-corrected chi connectivity index (χ1v) is 10.8. The van der Waals surface area contributed by atoms with Gasteiger partial charge in [-0.25, -0.2) is 34.9 Å². The van der Waals surface area contributed by atoms with Crippen LogP contribution in [0.3, 0.4) is 0 Å². The van der Waals surface area contributed by atoms with E-state index in [-0.39, 0.29) is 25.8 Å². The SMILES string of the molecule is CCC(C)C1=[C-]CC=C1.CCC(C)C1=[C-]CC=C1.CCC(C)C1=[C-]CC=C1.[Sc+3]. The minimum atomic E-state index is 0.